The number of ether oxygens (including phenoxy) is 1. The molecule has 0 aromatic carbocycles. The quantitative estimate of drug-likeness (QED) is 0.543. The molecule has 0 aliphatic carbocycles. The molecule has 1 fully saturated rings. The number of aromatic nitrogens is 5. The summed E-state index contributed by atoms with van der Waals surface area (Å²) in [5, 5.41) is 4.54. The summed E-state index contributed by atoms with van der Waals surface area (Å²) in [4.78, 5) is 13.9. The molecule has 12 heteroatoms. The third kappa shape index (κ3) is 3.34. The summed E-state index contributed by atoms with van der Waals surface area (Å²) < 4.78 is 44.7. The van der Waals surface area contributed by atoms with Gasteiger partial charge in [-0.1, -0.05) is 0 Å². The number of sulfone groups is 1. The minimum absolute atomic E-state index is 0.0418. The van der Waals surface area contributed by atoms with Crippen LogP contribution in [0.15, 0.2) is 23.2 Å². The van der Waals surface area contributed by atoms with Crippen molar-refractivity contribution in [2.75, 3.05) is 36.6 Å². The highest BCUT2D eigenvalue weighted by Crippen LogP contribution is 2.30. The van der Waals surface area contributed by atoms with Crippen molar-refractivity contribution < 1.29 is 17.5 Å². The van der Waals surface area contributed by atoms with Gasteiger partial charge in [-0.15, -0.1) is 5.10 Å². The Kier molecular flexibility index (Phi) is 4.46. The molecule has 1 aliphatic rings. The highest BCUT2D eigenvalue weighted by Gasteiger charge is 2.26. The van der Waals surface area contributed by atoms with Crippen LogP contribution in [-0.2, 0) is 9.84 Å². The Bertz CT molecular complexity index is 1120. The van der Waals surface area contributed by atoms with E-state index in [9.17, 15) is 12.8 Å². The summed E-state index contributed by atoms with van der Waals surface area (Å²) >= 11 is 3.13. The first-order valence-corrected chi connectivity index (χ1v) is 10.6. The van der Waals surface area contributed by atoms with E-state index in [4.69, 9.17) is 4.74 Å². The van der Waals surface area contributed by atoms with Gasteiger partial charge in [0.25, 0.3) is 0 Å². The van der Waals surface area contributed by atoms with Gasteiger partial charge in [-0.3, -0.25) is 0 Å². The SMILES string of the molecule is COc1cc2ncc(-c3nc(Br)ncc3F)n2nc1N1CCS(=O)(=O)CC1. The van der Waals surface area contributed by atoms with Crippen LogP contribution in [0, 0.1) is 5.82 Å². The van der Waals surface area contributed by atoms with Crippen LogP contribution in [0.4, 0.5) is 10.2 Å². The maximum Gasteiger partial charge on any atom is 0.197 e. The molecule has 9 nitrogen and oxygen atoms in total. The lowest BCUT2D eigenvalue weighted by Crippen LogP contribution is -2.41. The molecule has 1 aliphatic heterocycles. The molecule has 0 radical (unpaired) electrons. The minimum atomic E-state index is -3.04. The summed E-state index contributed by atoms with van der Waals surface area (Å²) in [6.45, 7) is 0.600. The minimum Gasteiger partial charge on any atom is -0.493 e. The molecule has 0 spiro atoms. The average molecular weight is 457 g/mol. The first kappa shape index (κ1) is 18.0. The van der Waals surface area contributed by atoms with Gasteiger partial charge in [0.05, 0.1) is 31.0 Å². The van der Waals surface area contributed by atoms with Gasteiger partial charge in [-0.05, 0) is 15.9 Å². The Balaban J connectivity index is 1.84. The Hall–Kier alpha value is -2.34. The van der Waals surface area contributed by atoms with Crippen molar-refractivity contribution in [1.82, 2.24) is 24.6 Å². The number of fused-ring (bicyclic) bond motifs is 1. The van der Waals surface area contributed by atoms with E-state index in [1.807, 2.05) is 4.90 Å². The molecule has 3 aromatic rings. The molecular weight excluding hydrogens is 443 g/mol. The summed E-state index contributed by atoms with van der Waals surface area (Å²) in [5.74, 6) is 0.402. The molecule has 27 heavy (non-hydrogen) atoms. The molecule has 4 heterocycles. The smallest absolute Gasteiger partial charge is 0.197 e. The van der Waals surface area contributed by atoms with E-state index >= 15 is 0 Å². The zero-order valence-corrected chi connectivity index (χ0v) is 16.5. The monoisotopic (exact) mass is 456 g/mol. The summed E-state index contributed by atoms with van der Waals surface area (Å²) in [5.41, 5.74) is 0.845. The van der Waals surface area contributed by atoms with Gasteiger partial charge in [0.2, 0.25) is 0 Å². The average Bonchev–Trinajstić information content (AvgIpc) is 3.05. The van der Waals surface area contributed by atoms with Crippen molar-refractivity contribution in [2.45, 2.75) is 0 Å². The van der Waals surface area contributed by atoms with Crippen molar-refractivity contribution >= 4 is 37.2 Å². The lowest BCUT2D eigenvalue weighted by Gasteiger charge is -2.28. The van der Waals surface area contributed by atoms with Crippen LogP contribution in [0.3, 0.4) is 0 Å². The van der Waals surface area contributed by atoms with Crippen LogP contribution < -0.4 is 9.64 Å². The fraction of sp³-hybridized carbons (Fsp3) is 0.333. The molecule has 0 saturated carbocycles. The van der Waals surface area contributed by atoms with Crippen LogP contribution in [0.1, 0.15) is 0 Å². The molecule has 0 amide bonds. The second kappa shape index (κ2) is 6.68. The fourth-order valence-corrected chi connectivity index (χ4v) is 4.35. The molecule has 0 N–H and O–H groups in total. The summed E-state index contributed by atoms with van der Waals surface area (Å²) in [6.07, 6.45) is 2.52. The predicted octanol–water partition coefficient (Wildman–Crippen LogP) is 1.33. The van der Waals surface area contributed by atoms with Crippen LogP contribution in [0.2, 0.25) is 0 Å². The highest BCUT2D eigenvalue weighted by molar-refractivity contribution is 9.10. The molecule has 4 rings (SSSR count). The van der Waals surface area contributed by atoms with E-state index in [-0.39, 0.29) is 21.9 Å². The zero-order valence-electron chi connectivity index (χ0n) is 14.1. The topological polar surface area (TPSA) is 103 Å². The maximum atomic E-state index is 14.2. The first-order chi connectivity index (χ1) is 12.9. The van der Waals surface area contributed by atoms with Gasteiger partial charge in [0.15, 0.2) is 37.6 Å². The van der Waals surface area contributed by atoms with Crippen molar-refractivity contribution in [3.05, 3.63) is 29.0 Å². The number of halogens is 2. The van der Waals surface area contributed by atoms with Crippen molar-refractivity contribution in [2.24, 2.45) is 0 Å². The van der Waals surface area contributed by atoms with Gasteiger partial charge in [0.1, 0.15) is 11.4 Å². The van der Waals surface area contributed by atoms with E-state index < -0.39 is 15.7 Å². The lowest BCUT2D eigenvalue weighted by atomic mass is 10.3. The Morgan fingerprint density at radius 2 is 1.96 bits per heavy atom. The maximum absolute atomic E-state index is 14.2. The van der Waals surface area contributed by atoms with Crippen molar-refractivity contribution in [3.63, 3.8) is 0 Å². The number of rotatable bonds is 3. The second-order valence-corrected chi connectivity index (χ2v) is 8.94. The van der Waals surface area contributed by atoms with Crippen LogP contribution in [-0.4, -0.2) is 64.7 Å². The van der Waals surface area contributed by atoms with Gasteiger partial charge >= 0.3 is 0 Å². The van der Waals surface area contributed by atoms with E-state index in [2.05, 4.69) is 36.0 Å². The van der Waals surface area contributed by atoms with Gasteiger partial charge in [0, 0.05) is 19.2 Å². The standard InChI is InChI=1S/C15H14BrFN6O3S/c1-26-11-6-12-18-8-10(13-9(17)7-19-15(16)20-13)23(12)21-14(11)22-2-4-27(24,25)5-3-22/h6-8H,2-5H2,1H3. The molecule has 0 atom stereocenters. The molecule has 0 unspecified atom stereocenters. The largest absolute Gasteiger partial charge is 0.493 e. The predicted molar refractivity (Wildman–Crippen MR) is 99.1 cm³/mol. The van der Waals surface area contributed by atoms with Gasteiger partial charge in [-0.2, -0.15) is 0 Å². The normalized spacial score (nSPS) is 16.6. The van der Waals surface area contributed by atoms with Crippen molar-refractivity contribution in [1.29, 1.82) is 0 Å². The number of imidazole rings is 1. The fourth-order valence-electron chi connectivity index (χ4n) is 2.87. The van der Waals surface area contributed by atoms with E-state index in [1.54, 1.807) is 6.07 Å². The number of hydrogen-bond acceptors (Lipinski definition) is 8. The number of hydrogen-bond donors (Lipinski definition) is 0. The van der Waals surface area contributed by atoms with Crippen LogP contribution in [0.25, 0.3) is 17.0 Å². The summed E-state index contributed by atoms with van der Waals surface area (Å²) in [6, 6.07) is 1.67. The second-order valence-electron chi connectivity index (χ2n) is 5.92. The number of nitrogens with zero attached hydrogens (tertiary/aromatic N) is 6. The molecule has 0 bridgehead atoms. The third-order valence-electron chi connectivity index (χ3n) is 4.26. The number of methoxy groups -OCH3 is 1. The van der Waals surface area contributed by atoms with E-state index in [0.29, 0.717) is 36.0 Å². The van der Waals surface area contributed by atoms with E-state index in [0.717, 1.165) is 6.20 Å². The van der Waals surface area contributed by atoms with Gasteiger partial charge < -0.3 is 9.64 Å². The third-order valence-corrected chi connectivity index (χ3v) is 6.25. The van der Waals surface area contributed by atoms with Crippen LogP contribution in [0.5, 0.6) is 5.75 Å². The first-order valence-electron chi connectivity index (χ1n) is 7.94. The lowest BCUT2D eigenvalue weighted by molar-refractivity contribution is 0.411. The van der Waals surface area contributed by atoms with Gasteiger partial charge in [-0.25, -0.2) is 32.3 Å². The number of anilines is 1. The van der Waals surface area contributed by atoms with Crippen molar-refractivity contribution in [3.8, 4) is 17.1 Å². The molecule has 3 aromatic heterocycles. The zero-order chi connectivity index (χ0) is 19.2. The Labute approximate surface area is 162 Å². The van der Waals surface area contributed by atoms with E-state index in [1.165, 1.54) is 17.8 Å². The van der Waals surface area contributed by atoms with Crippen LogP contribution >= 0.6 is 15.9 Å². The molecule has 1 saturated heterocycles. The molecule has 142 valence electrons. The Morgan fingerprint density at radius 3 is 2.67 bits per heavy atom. The Morgan fingerprint density at radius 1 is 1.22 bits per heavy atom. The summed E-state index contributed by atoms with van der Waals surface area (Å²) in [7, 11) is -1.53. The molecular formula is C15H14BrFN6O3S. The highest BCUT2D eigenvalue weighted by atomic mass is 79.9.